The quantitative estimate of drug-likeness (QED) is 0.437. The number of nitrogens with zero attached hydrogens (tertiary/aromatic N) is 2. The summed E-state index contributed by atoms with van der Waals surface area (Å²) in [5, 5.41) is 3.29. The van der Waals surface area contributed by atoms with Crippen molar-refractivity contribution in [1.29, 1.82) is 0 Å². The van der Waals surface area contributed by atoms with Crippen molar-refractivity contribution < 1.29 is 0 Å². The minimum atomic E-state index is 0.128. The fourth-order valence-corrected chi connectivity index (χ4v) is 1.92. The van der Waals surface area contributed by atoms with Crippen LogP contribution in [0.5, 0.6) is 0 Å². The van der Waals surface area contributed by atoms with E-state index in [0.717, 1.165) is 19.0 Å². The first-order valence-corrected chi connectivity index (χ1v) is 5.86. The Kier molecular flexibility index (Phi) is 3.52. The molecule has 0 bridgehead atoms. The second-order valence-electron chi connectivity index (χ2n) is 5.40. The minimum absolute atomic E-state index is 0.128. The van der Waals surface area contributed by atoms with Crippen molar-refractivity contribution in [2.75, 3.05) is 19.6 Å². The third-order valence-corrected chi connectivity index (χ3v) is 3.80. The molecule has 0 aromatic heterocycles. The zero-order chi connectivity index (χ0) is 12.4. The van der Waals surface area contributed by atoms with Crippen LogP contribution >= 0.6 is 0 Å². The molecule has 0 aromatic carbocycles. The van der Waals surface area contributed by atoms with Gasteiger partial charge in [-0.05, 0) is 20.8 Å². The monoisotopic (exact) mass is 221 g/mol. The highest BCUT2D eigenvalue weighted by Gasteiger charge is 2.53. The molecule has 1 aliphatic rings. The molecular formula is C13H23N3. The molecule has 0 spiro atoms. The van der Waals surface area contributed by atoms with Crippen LogP contribution in [0.2, 0.25) is 0 Å². The Bertz CT molecular complexity index is 321. The number of hydrogen-bond donors (Lipinski definition) is 1. The molecule has 0 unspecified atom stereocenters. The first-order chi connectivity index (χ1) is 7.36. The van der Waals surface area contributed by atoms with Crippen molar-refractivity contribution >= 4 is 5.96 Å². The molecule has 0 atom stereocenters. The van der Waals surface area contributed by atoms with E-state index < -0.39 is 0 Å². The van der Waals surface area contributed by atoms with E-state index in [-0.39, 0.29) is 5.54 Å². The number of nitrogens with one attached hydrogen (secondary N) is 1. The van der Waals surface area contributed by atoms with Crippen molar-refractivity contribution in [2.24, 2.45) is 10.4 Å². The van der Waals surface area contributed by atoms with Crippen molar-refractivity contribution in [3.63, 3.8) is 0 Å². The maximum Gasteiger partial charge on any atom is 0.195 e. The second-order valence-corrected chi connectivity index (χ2v) is 5.40. The molecule has 1 N–H and O–H groups in total. The Morgan fingerprint density at radius 1 is 1.44 bits per heavy atom. The van der Waals surface area contributed by atoms with E-state index in [1.807, 2.05) is 0 Å². The Morgan fingerprint density at radius 2 is 2.06 bits per heavy atom. The molecule has 0 aliphatic carbocycles. The van der Waals surface area contributed by atoms with Gasteiger partial charge in [0.1, 0.15) is 6.54 Å². The fraction of sp³-hybridized carbons (Fsp3) is 0.769. The van der Waals surface area contributed by atoms with Gasteiger partial charge in [-0.1, -0.05) is 19.8 Å². The largest absolute Gasteiger partial charge is 0.356 e. The van der Waals surface area contributed by atoms with Crippen LogP contribution in [0.3, 0.4) is 0 Å². The predicted octanol–water partition coefficient (Wildman–Crippen LogP) is 1.71. The molecule has 0 radical (unpaired) electrons. The molecule has 1 rings (SSSR count). The summed E-state index contributed by atoms with van der Waals surface area (Å²) < 4.78 is 0. The number of guanidine groups is 1. The van der Waals surface area contributed by atoms with Gasteiger partial charge in [0.15, 0.2) is 5.96 Å². The third-order valence-electron chi connectivity index (χ3n) is 3.80. The zero-order valence-corrected chi connectivity index (χ0v) is 11.1. The van der Waals surface area contributed by atoms with Gasteiger partial charge in [-0.2, -0.15) is 0 Å². The van der Waals surface area contributed by atoms with E-state index in [2.05, 4.69) is 55.7 Å². The summed E-state index contributed by atoms with van der Waals surface area (Å²) in [6, 6.07) is 0. The highest BCUT2D eigenvalue weighted by atomic mass is 15.4. The molecule has 3 heteroatoms. The minimum Gasteiger partial charge on any atom is -0.356 e. The Labute approximate surface area is 99.3 Å². The van der Waals surface area contributed by atoms with Gasteiger partial charge in [-0.3, -0.25) is 0 Å². The zero-order valence-electron chi connectivity index (χ0n) is 11.1. The van der Waals surface area contributed by atoms with Crippen LogP contribution in [0.1, 0.15) is 34.6 Å². The van der Waals surface area contributed by atoms with Gasteiger partial charge in [0.05, 0.1) is 0 Å². The van der Waals surface area contributed by atoms with Crippen molar-refractivity contribution in [2.45, 2.75) is 40.2 Å². The maximum atomic E-state index is 5.25. The highest BCUT2D eigenvalue weighted by Crippen LogP contribution is 2.46. The Hall–Kier alpha value is -1.17. The van der Waals surface area contributed by atoms with E-state index in [0.29, 0.717) is 12.0 Å². The summed E-state index contributed by atoms with van der Waals surface area (Å²) in [6.45, 7) is 13.5. The molecule has 0 aromatic rings. The average Bonchev–Trinajstić information content (AvgIpc) is 2.21. The lowest BCUT2D eigenvalue weighted by molar-refractivity contribution is -0.0667. The van der Waals surface area contributed by atoms with Crippen LogP contribution in [-0.2, 0) is 0 Å². The molecule has 1 aliphatic heterocycles. The van der Waals surface area contributed by atoms with Gasteiger partial charge < -0.3 is 10.2 Å². The van der Waals surface area contributed by atoms with Gasteiger partial charge in [-0.25, -0.2) is 4.99 Å². The van der Waals surface area contributed by atoms with Crippen LogP contribution in [-0.4, -0.2) is 36.0 Å². The number of aliphatic imine (C=N–C) groups is 1. The second kappa shape index (κ2) is 4.37. The summed E-state index contributed by atoms with van der Waals surface area (Å²) >= 11 is 0. The SMILES string of the molecule is C#CCN=C(NCC)N1CC(C)(C)C1(C)C. The molecule has 0 amide bonds. The van der Waals surface area contributed by atoms with E-state index in [4.69, 9.17) is 6.42 Å². The van der Waals surface area contributed by atoms with Gasteiger partial charge >= 0.3 is 0 Å². The molecule has 1 heterocycles. The average molecular weight is 221 g/mol. The summed E-state index contributed by atoms with van der Waals surface area (Å²) in [5.41, 5.74) is 0.446. The van der Waals surface area contributed by atoms with Gasteiger partial charge in [0, 0.05) is 24.0 Å². The summed E-state index contributed by atoms with van der Waals surface area (Å²) in [4.78, 5) is 6.71. The van der Waals surface area contributed by atoms with Gasteiger partial charge in [0.25, 0.3) is 0 Å². The topological polar surface area (TPSA) is 27.6 Å². The number of likely N-dealkylation sites (tertiary alicyclic amines) is 1. The number of rotatable bonds is 2. The lowest BCUT2D eigenvalue weighted by Gasteiger charge is -2.62. The van der Waals surface area contributed by atoms with E-state index >= 15 is 0 Å². The number of terminal acetylenes is 1. The summed E-state index contributed by atoms with van der Waals surface area (Å²) in [7, 11) is 0. The van der Waals surface area contributed by atoms with E-state index in [9.17, 15) is 0 Å². The summed E-state index contributed by atoms with van der Waals surface area (Å²) in [6.07, 6.45) is 5.25. The van der Waals surface area contributed by atoms with Crippen LogP contribution in [0.15, 0.2) is 4.99 Å². The van der Waals surface area contributed by atoms with Crippen molar-refractivity contribution in [1.82, 2.24) is 10.2 Å². The first kappa shape index (κ1) is 12.9. The van der Waals surface area contributed by atoms with E-state index in [1.54, 1.807) is 0 Å². The molecule has 3 nitrogen and oxygen atoms in total. The predicted molar refractivity (Wildman–Crippen MR) is 69.4 cm³/mol. The van der Waals surface area contributed by atoms with Gasteiger partial charge in [-0.15, -0.1) is 6.42 Å². The van der Waals surface area contributed by atoms with Crippen molar-refractivity contribution in [3.05, 3.63) is 0 Å². The molecular weight excluding hydrogens is 198 g/mol. The van der Waals surface area contributed by atoms with Crippen LogP contribution in [0, 0.1) is 17.8 Å². The third kappa shape index (κ3) is 2.02. The fourth-order valence-electron chi connectivity index (χ4n) is 1.92. The molecule has 1 saturated heterocycles. The Morgan fingerprint density at radius 3 is 2.44 bits per heavy atom. The summed E-state index contributed by atoms with van der Waals surface area (Å²) in [5.74, 6) is 3.49. The molecule has 0 saturated carbocycles. The highest BCUT2D eigenvalue weighted by molar-refractivity contribution is 5.82. The molecule has 16 heavy (non-hydrogen) atoms. The molecule has 90 valence electrons. The van der Waals surface area contributed by atoms with E-state index in [1.165, 1.54) is 0 Å². The molecule has 1 fully saturated rings. The normalized spacial score (nSPS) is 22.2. The lowest BCUT2D eigenvalue weighted by atomic mass is 9.65. The smallest absolute Gasteiger partial charge is 0.195 e. The first-order valence-electron chi connectivity index (χ1n) is 5.86. The Balaban J connectivity index is 2.80. The van der Waals surface area contributed by atoms with Crippen LogP contribution in [0.4, 0.5) is 0 Å². The van der Waals surface area contributed by atoms with Crippen LogP contribution in [0.25, 0.3) is 0 Å². The number of hydrogen-bond acceptors (Lipinski definition) is 1. The van der Waals surface area contributed by atoms with Crippen LogP contribution < -0.4 is 5.32 Å². The standard InChI is InChI=1S/C13H23N3/c1-7-9-15-11(14-8-2)16-10-12(3,4)13(16,5)6/h1H,8-10H2,2-6H3,(H,14,15). The maximum absolute atomic E-state index is 5.25. The lowest BCUT2D eigenvalue weighted by Crippen LogP contribution is -2.72. The van der Waals surface area contributed by atoms with Gasteiger partial charge in [0.2, 0.25) is 0 Å². The van der Waals surface area contributed by atoms with Crippen molar-refractivity contribution in [3.8, 4) is 12.3 Å².